The summed E-state index contributed by atoms with van der Waals surface area (Å²) in [6.07, 6.45) is -3.96. The number of hydrogen-bond acceptors (Lipinski definition) is 10. The van der Waals surface area contributed by atoms with Crippen LogP contribution in [0.15, 0.2) is 66.7 Å². The standard InChI is InChI=1S/C38H39F4N3O8/c1-48-27-11-5-23(6-12-27)20-51-15-16-52-34-29(49-2)17-25(18-30(34)50-3)35(46)43-21-37(47,38(40,41)42)31-19-28-33(53-22-36(28)13-4-14-44-36)32(45-31)24-7-9-26(39)10-8-24/h5-12,17-19,44,47H,4,13-16,20-22H2,1-3H3,(H,43,46). The number of aromatic nitrogens is 1. The highest BCUT2D eigenvalue weighted by Crippen LogP contribution is 2.49. The SMILES string of the molecule is COc1ccc(COCCOc2c(OC)cc(C(=O)NCC(O)(c3cc4c(c(-c5ccc(F)cc5)n3)OCC43CCCN3)C(F)(F)F)cc2OC)cc1. The van der Waals surface area contributed by atoms with Crippen molar-refractivity contribution < 1.29 is 55.9 Å². The van der Waals surface area contributed by atoms with Crippen molar-refractivity contribution in [2.24, 2.45) is 0 Å². The number of hydrogen-bond donors (Lipinski definition) is 3. The van der Waals surface area contributed by atoms with Gasteiger partial charge in [-0.15, -0.1) is 0 Å². The van der Waals surface area contributed by atoms with Gasteiger partial charge in [0.05, 0.1) is 52.3 Å². The molecule has 0 saturated carbocycles. The van der Waals surface area contributed by atoms with Gasteiger partial charge < -0.3 is 44.2 Å². The van der Waals surface area contributed by atoms with Crippen molar-refractivity contribution in [3.05, 3.63) is 94.9 Å². The highest BCUT2D eigenvalue weighted by Gasteiger charge is 2.58. The zero-order valence-electron chi connectivity index (χ0n) is 29.3. The number of halogens is 4. The van der Waals surface area contributed by atoms with Gasteiger partial charge in [0, 0.05) is 16.7 Å². The highest BCUT2D eigenvalue weighted by molar-refractivity contribution is 5.95. The van der Waals surface area contributed by atoms with Crippen LogP contribution in [0.2, 0.25) is 0 Å². The van der Waals surface area contributed by atoms with Gasteiger partial charge in [0.2, 0.25) is 11.4 Å². The first kappa shape index (κ1) is 37.6. The first-order chi connectivity index (χ1) is 25.4. The van der Waals surface area contributed by atoms with Crippen LogP contribution in [0.25, 0.3) is 11.3 Å². The second-order valence-electron chi connectivity index (χ2n) is 12.6. The summed E-state index contributed by atoms with van der Waals surface area (Å²) in [5.41, 5.74) is -3.69. The number of methoxy groups -OCH3 is 3. The third-order valence-electron chi connectivity index (χ3n) is 9.33. The average Bonchev–Trinajstić information content (AvgIpc) is 3.80. The minimum absolute atomic E-state index is 0.00766. The van der Waals surface area contributed by atoms with Crippen molar-refractivity contribution in [1.82, 2.24) is 15.6 Å². The van der Waals surface area contributed by atoms with E-state index >= 15 is 0 Å². The summed E-state index contributed by atoms with van der Waals surface area (Å²) in [5.74, 6) is -0.233. The number of amides is 1. The maximum atomic E-state index is 14.9. The molecular weight excluding hydrogens is 702 g/mol. The van der Waals surface area contributed by atoms with Crippen LogP contribution in [0.5, 0.6) is 28.7 Å². The van der Waals surface area contributed by atoms with Gasteiger partial charge in [0.25, 0.3) is 5.91 Å². The number of pyridine rings is 1. The molecule has 1 spiro atoms. The van der Waals surface area contributed by atoms with Crippen molar-refractivity contribution >= 4 is 5.91 Å². The van der Waals surface area contributed by atoms with Crippen LogP contribution in [-0.4, -0.2) is 76.4 Å². The molecule has 282 valence electrons. The van der Waals surface area contributed by atoms with E-state index in [4.69, 9.17) is 28.4 Å². The topological polar surface area (TPSA) is 130 Å². The molecular formula is C38H39F4N3O8. The lowest BCUT2D eigenvalue weighted by Crippen LogP contribution is -2.51. The molecule has 2 atom stereocenters. The van der Waals surface area contributed by atoms with E-state index in [1.165, 1.54) is 44.6 Å². The van der Waals surface area contributed by atoms with E-state index in [1.807, 2.05) is 24.3 Å². The Balaban J connectivity index is 1.22. The number of nitrogens with one attached hydrogen (secondary N) is 2. The molecule has 4 aromatic rings. The maximum Gasteiger partial charge on any atom is 0.424 e. The molecule has 11 nitrogen and oxygen atoms in total. The van der Waals surface area contributed by atoms with E-state index in [2.05, 4.69) is 15.6 Å². The molecule has 1 fully saturated rings. The van der Waals surface area contributed by atoms with Crippen molar-refractivity contribution in [3.8, 4) is 40.0 Å². The van der Waals surface area contributed by atoms with Crippen LogP contribution in [0.1, 0.15) is 40.0 Å². The number of fused-ring (bicyclic) bond motifs is 2. The molecule has 3 aromatic carbocycles. The fourth-order valence-corrected chi connectivity index (χ4v) is 6.40. The summed E-state index contributed by atoms with van der Waals surface area (Å²) < 4.78 is 92.1. The van der Waals surface area contributed by atoms with E-state index in [-0.39, 0.29) is 54.1 Å². The Hall–Kier alpha value is -5.12. The van der Waals surface area contributed by atoms with Crippen molar-refractivity contribution in [2.75, 3.05) is 54.2 Å². The average molecular weight is 742 g/mol. The smallest absolute Gasteiger partial charge is 0.424 e. The molecule has 3 heterocycles. The Morgan fingerprint density at radius 2 is 1.68 bits per heavy atom. The monoisotopic (exact) mass is 741 g/mol. The molecule has 2 aliphatic heterocycles. The van der Waals surface area contributed by atoms with Crippen LogP contribution in [0.4, 0.5) is 17.6 Å². The molecule has 3 N–H and O–H groups in total. The van der Waals surface area contributed by atoms with Crippen LogP contribution < -0.4 is 34.3 Å². The molecule has 0 aliphatic carbocycles. The molecule has 53 heavy (non-hydrogen) atoms. The van der Waals surface area contributed by atoms with Crippen LogP contribution >= 0.6 is 0 Å². The van der Waals surface area contributed by atoms with Gasteiger partial charge in [0.15, 0.2) is 17.2 Å². The molecule has 15 heteroatoms. The predicted octanol–water partition coefficient (Wildman–Crippen LogP) is 5.66. The molecule has 2 aliphatic rings. The summed E-state index contributed by atoms with van der Waals surface area (Å²) in [7, 11) is 4.25. The lowest BCUT2D eigenvalue weighted by atomic mass is 9.86. The van der Waals surface area contributed by atoms with Crippen LogP contribution in [0, 0.1) is 5.82 Å². The second kappa shape index (κ2) is 15.5. The lowest BCUT2D eigenvalue weighted by molar-refractivity contribution is -0.265. The number of alkyl halides is 3. The van der Waals surface area contributed by atoms with Crippen molar-refractivity contribution in [1.29, 1.82) is 0 Å². The second-order valence-corrected chi connectivity index (χ2v) is 12.6. The Labute approximate surface area is 303 Å². The summed E-state index contributed by atoms with van der Waals surface area (Å²) in [6, 6.07) is 16.2. The van der Waals surface area contributed by atoms with E-state index in [9.17, 15) is 27.5 Å². The summed E-state index contributed by atoms with van der Waals surface area (Å²) >= 11 is 0. The highest BCUT2D eigenvalue weighted by atomic mass is 19.4. The number of rotatable bonds is 14. The molecule has 6 rings (SSSR count). The Bertz CT molecular complexity index is 1890. The first-order valence-electron chi connectivity index (χ1n) is 16.8. The largest absolute Gasteiger partial charge is 0.497 e. The normalized spacial score (nSPS) is 17.5. The van der Waals surface area contributed by atoms with Gasteiger partial charge in [-0.05, 0) is 79.5 Å². The number of carbonyl (C=O) groups is 1. The number of aliphatic hydroxyl groups is 1. The Morgan fingerprint density at radius 1 is 0.981 bits per heavy atom. The van der Waals surface area contributed by atoms with E-state index in [0.29, 0.717) is 30.7 Å². The van der Waals surface area contributed by atoms with Crippen LogP contribution in [0.3, 0.4) is 0 Å². The fraction of sp³-hybridized carbons (Fsp3) is 0.368. The van der Waals surface area contributed by atoms with Gasteiger partial charge in [-0.3, -0.25) is 4.79 Å². The maximum absolute atomic E-state index is 14.9. The van der Waals surface area contributed by atoms with E-state index in [1.54, 1.807) is 7.11 Å². The zero-order valence-corrected chi connectivity index (χ0v) is 29.3. The number of ether oxygens (including phenoxy) is 6. The van der Waals surface area contributed by atoms with Gasteiger partial charge in [-0.1, -0.05) is 12.1 Å². The van der Waals surface area contributed by atoms with E-state index in [0.717, 1.165) is 29.9 Å². The molecule has 1 aromatic heterocycles. The first-order valence-corrected chi connectivity index (χ1v) is 16.8. The minimum Gasteiger partial charge on any atom is -0.497 e. The molecule has 1 amide bonds. The summed E-state index contributed by atoms with van der Waals surface area (Å²) in [5, 5.41) is 17.0. The summed E-state index contributed by atoms with van der Waals surface area (Å²) in [6.45, 7) is 0.0663. The van der Waals surface area contributed by atoms with Crippen molar-refractivity contribution in [3.63, 3.8) is 0 Å². The molecule has 2 unspecified atom stereocenters. The molecule has 0 bridgehead atoms. The Morgan fingerprint density at radius 3 is 2.28 bits per heavy atom. The van der Waals surface area contributed by atoms with Crippen molar-refractivity contribution in [2.45, 2.75) is 36.8 Å². The number of nitrogens with zero attached hydrogens (tertiary/aromatic N) is 1. The number of carbonyl (C=O) groups excluding carboxylic acids is 1. The quantitative estimate of drug-likeness (QED) is 0.110. The minimum atomic E-state index is -5.29. The summed E-state index contributed by atoms with van der Waals surface area (Å²) in [4.78, 5) is 17.7. The van der Waals surface area contributed by atoms with Gasteiger partial charge in [-0.2, -0.15) is 13.2 Å². The molecule has 0 radical (unpaired) electrons. The van der Waals surface area contributed by atoms with Crippen LogP contribution in [-0.2, 0) is 22.5 Å². The fourth-order valence-electron chi connectivity index (χ4n) is 6.40. The lowest BCUT2D eigenvalue weighted by Gasteiger charge is -2.32. The van der Waals surface area contributed by atoms with Gasteiger partial charge in [-0.25, -0.2) is 9.37 Å². The van der Waals surface area contributed by atoms with Gasteiger partial charge in [0.1, 0.15) is 30.5 Å². The van der Waals surface area contributed by atoms with E-state index < -0.39 is 41.3 Å². The predicted molar refractivity (Wildman–Crippen MR) is 184 cm³/mol. The number of benzene rings is 3. The zero-order chi connectivity index (χ0) is 37.8. The molecule has 1 saturated heterocycles. The Kier molecular flexibility index (Phi) is 11.0. The van der Waals surface area contributed by atoms with Gasteiger partial charge >= 0.3 is 6.18 Å². The third-order valence-corrected chi connectivity index (χ3v) is 9.33. The third kappa shape index (κ3) is 7.68.